The molecule has 1 aromatic carbocycles. The first kappa shape index (κ1) is 6.49. The van der Waals surface area contributed by atoms with E-state index in [-0.39, 0.29) is 0 Å². The summed E-state index contributed by atoms with van der Waals surface area (Å²) < 4.78 is 5.48. The summed E-state index contributed by atoms with van der Waals surface area (Å²) in [6.07, 6.45) is 0.865. The molecule has 1 fully saturated rings. The van der Waals surface area contributed by atoms with Gasteiger partial charge < -0.3 is 9.84 Å². The Morgan fingerprint density at radius 2 is 2.25 bits per heavy atom. The molecule has 2 aliphatic rings. The third-order valence-corrected chi connectivity index (χ3v) is 2.87. The molecule has 0 bridgehead atoms. The number of hydrogen-bond donors (Lipinski definition) is 1. The fraction of sp³-hybridized carbons (Fsp3) is 0.400. The highest BCUT2D eigenvalue weighted by Crippen LogP contribution is 2.57. The molecule has 2 nitrogen and oxygen atoms in total. The third-order valence-electron chi connectivity index (χ3n) is 2.87. The molecule has 0 saturated heterocycles. The molecule has 1 aliphatic heterocycles. The zero-order valence-corrected chi connectivity index (χ0v) is 6.66. The van der Waals surface area contributed by atoms with Crippen LogP contribution in [0.2, 0.25) is 0 Å². The third kappa shape index (κ3) is 0.636. The number of hydrogen-bond acceptors (Lipinski definition) is 2. The van der Waals surface area contributed by atoms with Crippen LogP contribution in [0.15, 0.2) is 24.3 Å². The van der Waals surface area contributed by atoms with Gasteiger partial charge in [0.2, 0.25) is 0 Å². The Kier molecular flexibility index (Phi) is 0.989. The minimum Gasteiger partial charge on any atom is -0.493 e. The number of para-hydroxylation sites is 1. The van der Waals surface area contributed by atoms with Crippen LogP contribution in [0, 0.1) is 5.92 Å². The van der Waals surface area contributed by atoms with E-state index in [9.17, 15) is 5.11 Å². The lowest BCUT2D eigenvalue weighted by molar-refractivity contribution is 0.0933. The smallest absolute Gasteiger partial charge is 0.125 e. The molecule has 3 rings (SSSR count). The largest absolute Gasteiger partial charge is 0.493 e. The first-order valence-electron chi connectivity index (χ1n) is 4.25. The molecule has 0 amide bonds. The Labute approximate surface area is 70.8 Å². The van der Waals surface area contributed by atoms with Gasteiger partial charge in [0.15, 0.2) is 0 Å². The fourth-order valence-corrected chi connectivity index (χ4v) is 1.98. The lowest BCUT2D eigenvalue weighted by atomic mass is 10.0. The summed E-state index contributed by atoms with van der Waals surface area (Å²) in [5, 5.41) is 10.0. The Hall–Kier alpha value is -1.02. The SMILES string of the molecule is OC12CC1COc1ccccc12. The van der Waals surface area contributed by atoms with Crippen molar-refractivity contribution in [2.75, 3.05) is 6.61 Å². The van der Waals surface area contributed by atoms with Gasteiger partial charge in [-0.2, -0.15) is 0 Å². The standard InChI is InChI=1S/C10H10O2/c11-10-5-7(10)6-12-9-4-2-1-3-8(9)10/h1-4,7,11H,5-6H2. The molecule has 0 spiro atoms. The van der Waals surface area contributed by atoms with E-state index in [0.717, 1.165) is 17.7 Å². The molecular weight excluding hydrogens is 152 g/mol. The molecule has 1 saturated carbocycles. The first-order valence-corrected chi connectivity index (χ1v) is 4.25. The van der Waals surface area contributed by atoms with Gasteiger partial charge in [-0.25, -0.2) is 0 Å². The van der Waals surface area contributed by atoms with E-state index in [0.29, 0.717) is 12.5 Å². The van der Waals surface area contributed by atoms with E-state index < -0.39 is 5.60 Å². The maximum absolute atomic E-state index is 10.0. The minimum absolute atomic E-state index is 0.340. The predicted molar refractivity (Wildman–Crippen MR) is 43.9 cm³/mol. The van der Waals surface area contributed by atoms with Gasteiger partial charge in [-0.15, -0.1) is 0 Å². The normalized spacial score (nSPS) is 36.2. The second-order valence-corrected chi connectivity index (χ2v) is 3.63. The van der Waals surface area contributed by atoms with Crippen LogP contribution in [-0.4, -0.2) is 11.7 Å². The highest BCUT2D eigenvalue weighted by molar-refractivity contribution is 5.44. The summed E-state index contributed by atoms with van der Waals surface area (Å²) in [6.45, 7) is 0.674. The lowest BCUT2D eigenvalue weighted by Gasteiger charge is -2.21. The van der Waals surface area contributed by atoms with Crippen molar-refractivity contribution in [3.05, 3.63) is 29.8 Å². The maximum atomic E-state index is 10.0. The zero-order valence-electron chi connectivity index (χ0n) is 6.66. The van der Waals surface area contributed by atoms with Crippen molar-refractivity contribution < 1.29 is 9.84 Å². The van der Waals surface area contributed by atoms with Crippen molar-refractivity contribution in [3.63, 3.8) is 0 Å². The number of rotatable bonds is 0. The van der Waals surface area contributed by atoms with Crippen LogP contribution in [0.4, 0.5) is 0 Å². The summed E-state index contributed by atoms with van der Waals surface area (Å²) in [7, 11) is 0. The van der Waals surface area contributed by atoms with Crippen molar-refractivity contribution in [2.24, 2.45) is 5.92 Å². The van der Waals surface area contributed by atoms with Crippen molar-refractivity contribution in [3.8, 4) is 5.75 Å². The molecule has 0 aromatic heterocycles. The van der Waals surface area contributed by atoms with E-state index >= 15 is 0 Å². The van der Waals surface area contributed by atoms with Gasteiger partial charge in [0.1, 0.15) is 5.75 Å². The van der Waals surface area contributed by atoms with Crippen LogP contribution in [-0.2, 0) is 5.60 Å². The average Bonchev–Trinajstić information content (AvgIpc) is 2.78. The molecule has 62 valence electrons. The quantitative estimate of drug-likeness (QED) is 0.622. The fourth-order valence-electron chi connectivity index (χ4n) is 1.98. The minimum atomic E-state index is -0.547. The summed E-state index contributed by atoms with van der Waals surface area (Å²) in [5.74, 6) is 1.20. The monoisotopic (exact) mass is 162 g/mol. The van der Waals surface area contributed by atoms with Crippen LogP contribution < -0.4 is 4.74 Å². The van der Waals surface area contributed by atoms with Gasteiger partial charge >= 0.3 is 0 Å². The second-order valence-electron chi connectivity index (χ2n) is 3.63. The highest BCUT2D eigenvalue weighted by atomic mass is 16.5. The number of benzene rings is 1. The van der Waals surface area contributed by atoms with Crippen LogP contribution in [0.25, 0.3) is 0 Å². The van der Waals surface area contributed by atoms with Gasteiger partial charge in [-0.1, -0.05) is 18.2 Å². The summed E-state index contributed by atoms with van der Waals surface area (Å²) in [6, 6.07) is 7.75. The van der Waals surface area contributed by atoms with E-state index in [2.05, 4.69) is 0 Å². The van der Waals surface area contributed by atoms with Gasteiger partial charge in [0, 0.05) is 11.5 Å². The summed E-state index contributed by atoms with van der Waals surface area (Å²) in [4.78, 5) is 0. The average molecular weight is 162 g/mol. The Balaban J connectivity index is 2.19. The van der Waals surface area contributed by atoms with Gasteiger partial charge in [-0.05, 0) is 12.5 Å². The van der Waals surface area contributed by atoms with E-state index in [1.165, 1.54) is 0 Å². The molecule has 1 heterocycles. The Morgan fingerprint density at radius 1 is 1.42 bits per heavy atom. The molecule has 1 aromatic rings. The van der Waals surface area contributed by atoms with Crippen LogP contribution in [0.5, 0.6) is 5.75 Å². The number of ether oxygens (including phenoxy) is 1. The van der Waals surface area contributed by atoms with Crippen LogP contribution in [0.1, 0.15) is 12.0 Å². The molecule has 1 aliphatic carbocycles. The number of aliphatic hydroxyl groups is 1. The molecule has 12 heavy (non-hydrogen) atoms. The van der Waals surface area contributed by atoms with Crippen LogP contribution >= 0.6 is 0 Å². The second kappa shape index (κ2) is 1.83. The van der Waals surface area contributed by atoms with E-state index in [1.54, 1.807) is 0 Å². The van der Waals surface area contributed by atoms with Crippen molar-refractivity contribution in [1.82, 2.24) is 0 Å². The molecule has 2 unspecified atom stereocenters. The van der Waals surface area contributed by atoms with Gasteiger partial charge in [-0.3, -0.25) is 0 Å². The van der Waals surface area contributed by atoms with Crippen molar-refractivity contribution >= 4 is 0 Å². The van der Waals surface area contributed by atoms with E-state index in [4.69, 9.17) is 4.74 Å². The highest BCUT2D eigenvalue weighted by Gasteiger charge is 2.58. The Bertz CT molecular complexity index is 332. The first-order chi connectivity index (χ1) is 5.81. The predicted octanol–water partition coefficient (Wildman–Crippen LogP) is 1.29. The molecule has 2 heteroatoms. The molecule has 0 radical (unpaired) electrons. The topological polar surface area (TPSA) is 29.5 Å². The lowest BCUT2D eigenvalue weighted by Crippen LogP contribution is -2.20. The Morgan fingerprint density at radius 3 is 3.17 bits per heavy atom. The van der Waals surface area contributed by atoms with Gasteiger partial charge in [0.05, 0.1) is 12.2 Å². The summed E-state index contributed by atoms with van der Waals surface area (Å²) in [5.41, 5.74) is 0.427. The molecule has 2 atom stereocenters. The summed E-state index contributed by atoms with van der Waals surface area (Å²) >= 11 is 0. The van der Waals surface area contributed by atoms with E-state index in [1.807, 2.05) is 24.3 Å². The molecular formula is C10H10O2. The maximum Gasteiger partial charge on any atom is 0.125 e. The van der Waals surface area contributed by atoms with Crippen molar-refractivity contribution in [1.29, 1.82) is 0 Å². The molecule has 1 N–H and O–H groups in total. The van der Waals surface area contributed by atoms with Gasteiger partial charge in [0.25, 0.3) is 0 Å². The van der Waals surface area contributed by atoms with Crippen molar-refractivity contribution in [2.45, 2.75) is 12.0 Å². The number of fused-ring (bicyclic) bond motifs is 3. The zero-order chi connectivity index (χ0) is 8.18. The van der Waals surface area contributed by atoms with Crippen LogP contribution in [0.3, 0.4) is 0 Å².